The Bertz CT molecular complexity index is 3160. The van der Waals surface area contributed by atoms with Crippen molar-refractivity contribution in [2.75, 3.05) is 4.90 Å². The normalized spacial score (nSPS) is 12.1. The Morgan fingerprint density at radius 1 is 0.412 bits per heavy atom. The molecule has 2 aromatic heterocycles. The molecular formula is C48H31NO2. The molecule has 3 heteroatoms. The maximum atomic E-state index is 6.81. The Kier molecular flexibility index (Phi) is 5.80. The number of hydrogen-bond donors (Lipinski definition) is 0. The lowest BCUT2D eigenvalue weighted by atomic mass is 9.88. The molecule has 0 aliphatic heterocycles. The molecule has 0 saturated carbocycles. The largest absolute Gasteiger partial charge is 0.452 e. The SMILES string of the molecule is Cc1cc(C)cc(N(c2ccc3ccc4c(-c5ccc6ccccc6c5)ccc5ccc2c3c54)c2cccc3c2oc2c4ccccc4oc32)c1. The van der Waals surface area contributed by atoms with Crippen molar-refractivity contribution in [2.45, 2.75) is 13.8 Å². The number of hydrogen-bond acceptors (Lipinski definition) is 3. The Hall–Kier alpha value is -6.58. The Morgan fingerprint density at radius 2 is 1.08 bits per heavy atom. The molecule has 11 rings (SSSR count). The first-order valence-corrected chi connectivity index (χ1v) is 17.5. The summed E-state index contributed by atoms with van der Waals surface area (Å²) in [5.41, 5.74) is 11.3. The van der Waals surface area contributed by atoms with E-state index in [9.17, 15) is 0 Å². The number of aryl methyl sites for hydroxylation is 2. The first-order valence-electron chi connectivity index (χ1n) is 17.5. The molecule has 0 fully saturated rings. The summed E-state index contributed by atoms with van der Waals surface area (Å²) in [5, 5.41) is 11.9. The number of rotatable bonds is 4. The minimum Gasteiger partial charge on any atom is -0.452 e. The fourth-order valence-electron chi connectivity index (χ4n) is 8.47. The van der Waals surface area contributed by atoms with E-state index >= 15 is 0 Å². The number of fused-ring (bicyclic) bond motifs is 6. The lowest BCUT2D eigenvalue weighted by Gasteiger charge is -2.28. The summed E-state index contributed by atoms with van der Waals surface area (Å²) in [6.07, 6.45) is 0. The molecule has 0 bridgehead atoms. The van der Waals surface area contributed by atoms with Crippen LogP contribution in [0.1, 0.15) is 11.1 Å². The molecule has 0 saturated heterocycles. The Labute approximate surface area is 293 Å². The monoisotopic (exact) mass is 653 g/mol. The summed E-state index contributed by atoms with van der Waals surface area (Å²) in [5.74, 6) is 0. The number of anilines is 3. The van der Waals surface area contributed by atoms with Gasteiger partial charge in [0.15, 0.2) is 16.7 Å². The molecule has 51 heavy (non-hydrogen) atoms. The molecule has 0 atom stereocenters. The standard InChI is InChI=1S/C48H31NO2/c1-28-24-29(2)26-35(25-28)49(42-12-7-11-40-46(42)51-47-39-10-5-6-13-43(39)50-48(40)47)41-23-19-32-17-21-37-36(20-16-31-18-22-38(41)45(32)44(31)37)34-15-14-30-8-3-4-9-33(30)27-34/h3-27H,1-2H3. The summed E-state index contributed by atoms with van der Waals surface area (Å²) >= 11 is 0. The van der Waals surface area contributed by atoms with E-state index in [1.54, 1.807) is 0 Å². The third kappa shape index (κ3) is 4.12. The highest BCUT2D eigenvalue weighted by atomic mass is 16.4. The summed E-state index contributed by atoms with van der Waals surface area (Å²) in [6.45, 7) is 4.33. The van der Waals surface area contributed by atoms with Crippen LogP contribution in [-0.2, 0) is 0 Å². The first kappa shape index (κ1) is 28.3. The van der Waals surface area contributed by atoms with E-state index in [4.69, 9.17) is 8.83 Å². The highest BCUT2D eigenvalue weighted by Gasteiger charge is 2.25. The molecule has 0 unspecified atom stereocenters. The third-order valence-electron chi connectivity index (χ3n) is 10.6. The minimum atomic E-state index is 0.782. The van der Waals surface area contributed by atoms with Crippen molar-refractivity contribution in [2.24, 2.45) is 0 Å². The van der Waals surface area contributed by atoms with Crippen molar-refractivity contribution in [1.82, 2.24) is 0 Å². The quantitative estimate of drug-likeness (QED) is 0.177. The Morgan fingerprint density at radius 3 is 1.94 bits per heavy atom. The van der Waals surface area contributed by atoms with E-state index in [1.165, 1.54) is 65.3 Å². The van der Waals surface area contributed by atoms with E-state index in [0.29, 0.717) is 0 Å². The summed E-state index contributed by atoms with van der Waals surface area (Å²) in [6, 6.07) is 54.9. The molecule has 0 N–H and O–H groups in total. The van der Waals surface area contributed by atoms with Gasteiger partial charge in [-0.3, -0.25) is 0 Å². The molecule has 3 nitrogen and oxygen atoms in total. The molecule has 2 heterocycles. The molecule has 0 spiro atoms. The predicted molar refractivity (Wildman–Crippen MR) is 214 cm³/mol. The van der Waals surface area contributed by atoms with E-state index < -0.39 is 0 Å². The first-order chi connectivity index (χ1) is 25.1. The number of nitrogens with zero attached hydrogens (tertiary/aromatic N) is 1. The van der Waals surface area contributed by atoms with Crippen LogP contribution in [0.2, 0.25) is 0 Å². The molecule has 11 aromatic rings. The lowest BCUT2D eigenvalue weighted by molar-refractivity contribution is 0.653. The van der Waals surface area contributed by atoms with Crippen LogP contribution in [0.15, 0.2) is 160 Å². The van der Waals surface area contributed by atoms with E-state index in [0.717, 1.165) is 50.2 Å². The van der Waals surface area contributed by atoms with Gasteiger partial charge in [0.05, 0.1) is 22.1 Å². The van der Waals surface area contributed by atoms with Crippen LogP contribution in [0.4, 0.5) is 17.1 Å². The van der Waals surface area contributed by atoms with Crippen LogP contribution in [0.3, 0.4) is 0 Å². The molecule has 0 aliphatic rings. The molecule has 240 valence electrons. The third-order valence-corrected chi connectivity index (χ3v) is 10.6. The van der Waals surface area contributed by atoms with Gasteiger partial charge in [-0.05, 0) is 122 Å². The highest BCUT2D eigenvalue weighted by Crippen LogP contribution is 2.49. The second-order valence-electron chi connectivity index (χ2n) is 13.9. The second kappa shape index (κ2) is 10.5. The van der Waals surface area contributed by atoms with Crippen LogP contribution in [0.25, 0.3) is 87.3 Å². The maximum Gasteiger partial charge on any atom is 0.181 e. The van der Waals surface area contributed by atoms with Gasteiger partial charge in [0.2, 0.25) is 0 Å². The zero-order valence-corrected chi connectivity index (χ0v) is 28.2. The van der Waals surface area contributed by atoms with Crippen molar-refractivity contribution >= 4 is 93.3 Å². The zero-order chi connectivity index (χ0) is 33.8. The van der Waals surface area contributed by atoms with Gasteiger partial charge in [-0.2, -0.15) is 0 Å². The molecule has 9 aromatic carbocycles. The van der Waals surface area contributed by atoms with Gasteiger partial charge < -0.3 is 13.7 Å². The number of furan rings is 2. The van der Waals surface area contributed by atoms with Crippen molar-refractivity contribution in [3.05, 3.63) is 163 Å². The predicted octanol–water partition coefficient (Wildman–Crippen LogP) is 14.1. The molecule has 0 aliphatic carbocycles. The van der Waals surface area contributed by atoms with Gasteiger partial charge in [0.1, 0.15) is 5.58 Å². The van der Waals surface area contributed by atoms with Gasteiger partial charge >= 0.3 is 0 Å². The van der Waals surface area contributed by atoms with Crippen LogP contribution in [-0.4, -0.2) is 0 Å². The van der Waals surface area contributed by atoms with Crippen molar-refractivity contribution in [1.29, 1.82) is 0 Å². The van der Waals surface area contributed by atoms with Crippen LogP contribution < -0.4 is 4.90 Å². The smallest absolute Gasteiger partial charge is 0.181 e. The van der Waals surface area contributed by atoms with Gasteiger partial charge in [-0.25, -0.2) is 0 Å². The maximum absolute atomic E-state index is 6.81. The van der Waals surface area contributed by atoms with Gasteiger partial charge in [-0.1, -0.05) is 103 Å². The van der Waals surface area contributed by atoms with Gasteiger partial charge in [0, 0.05) is 11.1 Å². The Balaban J connectivity index is 1.20. The highest BCUT2D eigenvalue weighted by molar-refractivity contribution is 6.28. The summed E-state index contributed by atoms with van der Waals surface area (Å²) in [7, 11) is 0. The fourth-order valence-corrected chi connectivity index (χ4v) is 8.47. The van der Waals surface area contributed by atoms with Crippen molar-refractivity contribution in [3.8, 4) is 11.1 Å². The van der Waals surface area contributed by atoms with E-state index in [1.807, 2.05) is 18.2 Å². The molecule has 0 radical (unpaired) electrons. The topological polar surface area (TPSA) is 29.5 Å². The fraction of sp³-hybridized carbons (Fsp3) is 0.0417. The van der Waals surface area contributed by atoms with Crippen molar-refractivity contribution < 1.29 is 8.83 Å². The second-order valence-corrected chi connectivity index (χ2v) is 13.9. The minimum absolute atomic E-state index is 0.782. The van der Waals surface area contributed by atoms with Crippen LogP contribution >= 0.6 is 0 Å². The number of para-hydroxylation sites is 2. The van der Waals surface area contributed by atoms with Crippen LogP contribution in [0.5, 0.6) is 0 Å². The zero-order valence-electron chi connectivity index (χ0n) is 28.2. The van der Waals surface area contributed by atoms with E-state index in [2.05, 4.69) is 152 Å². The average Bonchev–Trinajstić information content (AvgIpc) is 3.71. The summed E-state index contributed by atoms with van der Waals surface area (Å²) in [4.78, 5) is 2.38. The van der Waals surface area contributed by atoms with Gasteiger partial charge in [-0.15, -0.1) is 0 Å². The van der Waals surface area contributed by atoms with E-state index in [-0.39, 0.29) is 0 Å². The van der Waals surface area contributed by atoms with Crippen LogP contribution in [0, 0.1) is 13.8 Å². The average molecular weight is 654 g/mol. The number of benzene rings is 9. The summed E-state index contributed by atoms with van der Waals surface area (Å²) < 4.78 is 13.2. The van der Waals surface area contributed by atoms with Gasteiger partial charge in [0.25, 0.3) is 0 Å². The molecule has 0 amide bonds. The van der Waals surface area contributed by atoms with Crippen molar-refractivity contribution in [3.63, 3.8) is 0 Å². The lowest BCUT2D eigenvalue weighted by Crippen LogP contribution is -2.11. The molecular weight excluding hydrogens is 623 g/mol.